The minimum absolute atomic E-state index is 0.126. The number of oxazole rings is 1. The van der Waals surface area contributed by atoms with Gasteiger partial charge in [-0.2, -0.15) is 13.2 Å². The van der Waals surface area contributed by atoms with Crippen molar-refractivity contribution in [3.05, 3.63) is 53.9 Å². The summed E-state index contributed by atoms with van der Waals surface area (Å²) in [6.07, 6.45) is -3.16. The van der Waals surface area contributed by atoms with E-state index in [2.05, 4.69) is 4.98 Å². The first-order chi connectivity index (χ1) is 13.9. The summed E-state index contributed by atoms with van der Waals surface area (Å²) in [5.41, 5.74) is 0.0650. The van der Waals surface area contributed by atoms with E-state index in [1.807, 2.05) is 0 Å². The molecule has 0 amide bonds. The van der Waals surface area contributed by atoms with Crippen molar-refractivity contribution in [2.75, 3.05) is 7.11 Å². The van der Waals surface area contributed by atoms with Crippen LogP contribution in [0, 0.1) is 0 Å². The summed E-state index contributed by atoms with van der Waals surface area (Å²) in [4.78, 5) is 3.30. The number of benzene rings is 1. The van der Waals surface area contributed by atoms with Crippen LogP contribution in [0.15, 0.2) is 51.6 Å². The van der Waals surface area contributed by atoms with Crippen molar-refractivity contribution in [3.8, 4) is 11.3 Å². The predicted octanol–water partition coefficient (Wildman–Crippen LogP) is 4.69. The number of ether oxygens (including phenoxy) is 1. The van der Waals surface area contributed by atoms with Crippen LogP contribution in [0.25, 0.3) is 16.8 Å². The Kier molecular flexibility index (Phi) is 7.22. The number of hydrogen-bond acceptors (Lipinski definition) is 5. The van der Waals surface area contributed by atoms with E-state index in [9.17, 15) is 26.0 Å². The van der Waals surface area contributed by atoms with E-state index in [0.29, 0.717) is 0 Å². The summed E-state index contributed by atoms with van der Waals surface area (Å²) >= 11 is 0. The summed E-state index contributed by atoms with van der Waals surface area (Å²) < 4.78 is 86.6. The number of aromatic nitrogens is 1. The number of halogens is 4. The van der Waals surface area contributed by atoms with Crippen LogP contribution >= 0.6 is 0 Å². The second kappa shape index (κ2) is 9.11. The molecule has 1 unspecified atom stereocenters. The van der Waals surface area contributed by atoms with E-state index in [-0.39, 0.29) is 33.9 Å². The average Bonchev–Trinajstić information content (AvgIpc) is 3.11. The lowest BCUT2D eigenvalue weighted by Crippen LogP contribution is -2.11. The summed E-state index contributed by atoms with van der Waals surface area (Å²) in [5, 5.41) is 5.03. The molecule has 0 aliphatic carbocycles. The topological polar surface area (TPSA) is 95.4 Å². The van der Waals surface area contributed by atoms with Gasteiger partial charge in [0, 0.05) is 19.1 Å². The van der Waals surface area contributed by atoms with Crippen molar-refractivity contribution in [1.82, 2.24) is 4.98 Å². The molecule has 11 heteroatoms. The highest BCUT2D eigenvalue weighted by atomic mass is 32.2. The van der Waals surface area contributed by atoms with Gasteiger partial charge in [0.1, 0.15) is 11.5 Å². The van der Waals surface area contributed by atoms with E-state index in [4.69, 9.17) is 14.3 Å². The van der Waals surface area contributed by atoms with Gasteiger partial charge in [0.05, 0.1) is 11.0 Å². The van der Waals surface area contributed by atoms with Crippen LogP contribution in [0.1, 0.15) is 31.9 Å². The standard InChI is InChI=1S/C19H20F4N2O4S/c1-4-12(10-14(20)9-11(2)28-3)17-16(25-18(29-17)19(21,22)23)13-5-7-15(8-6-13)30(24,26)27/h4-9,11H,10H2,1-3H3,(H2,24,26,27)/b12-4+,14-9+. The number of nitrogens with zero attached hydrogens (tertiary/aromatic N) is 1. The van der Waals surface area contributed by atoms with Gasteiger partial charge in [0.15, 0.2) is 5.76 Å². The van der Waals surface area contributed by atoms with Crippen LogP contribution in [0.5, 0.6) is 0 Å². The molecule has 1 aromatic heterocycles. The lowest BCUT2D eigenvalue weighted by atomic mass is 10.0. The van der Waals surface area contributed by atoms with Crippen LogP contribution in [0.2, 0.25) is 0 Å². The molecule has 2 aromatic rings. The molecular formula is C19H20F4N2O4S. The maximum absolute atomic E-state index is 14.3. The van der Waals surface area contributed by atoms with E-state index >= 15 is 0 Å². The molecule has 0 aliphatic heterocycles. The molecule has 2 rings (SSSR count). The summed E-state index contributed by atoms with van der Waals surface area (Å²) in [6, 6.07) is 4.75. The SMILES string of the molecule is C/C=C(\C/C(F)=C\C(C)OC)c1oc(C(F)(F)F)nc1-c1ccc(S(N)(=O)=O)cc1. The number of allylic oxidation sites excluding steroid dienone is 3. The number of methoxy groups -OCH3 is 1. The highest BCUT2D eigenvalue weighted by molar-refractivity contribution is 7.89. The van der Waals surface area contributed by atoms with E-state index in [0.717, 1.165) is 12.1 Å². The number of hydrogen-bond donors (Lipinski definition) is 1. The van der Waals surface area contributed by atoms with E-state index in [1.54, 1.807) is 6.92 Å². The van der Waals surface area contributed by atoms with Crippen molar-refractivity contribution < 1.29 is 35.1 Å². The summed E-state index contributed by atoms with van der Waals surface area (Å²) in [6.45, 7) is 3.12. The Morgan fingerprint density at radius 3 is 2.37 bits per heavy atom. The van der Waals surface area contributed by atoms with Gasteiger partial charge < -0.3 is 9.15 Å². The van der Waals surface area contributed by atoms with Crippen molar-refractivity contribution in [3.63, 3.8) is 0 Å². The maximum atomic E-state index is 14.3. The van der Waals surface area contributed by atoms with Crippen molar-refractivity contribution >= 4 is 15.6 Å². The van der Waals surface area contributed by atoms with Crippen molar-refractivity contribution in [2.24, 2.45) is 5.14 Å². The van der Waals surface area contributed by atoms with Crippen molar-refractivity contribution in [2.45, 2.75) is 37.4 Å². The second-order valence-electron chi connectivity index (χ2n) is 6.31. The lowest BCUT2D eigenvalue weighted by Gasteiger charge is -2.08. The van der Waals surface area contributed by atoms with Crippen LogP contribution in [0.4, 0.5) is 17.6 Å². The molecule has 0 radical (unpaired) electrons. The third-order valence-electron chi connectivity index (χ3n) is 4.11. The number of alkyl halides is 3. The van der Waals surface area contributed by atoms with Gasteiger partial charge >= 0.3 is 12.1 Å². The van der Waals surface area contributed by atoms with Gasteiger partial charge in [-0.15, -0.1) is 0 Å². The minimum Gasteiger partial charge on any atom is -0.433 e. The van der Waals surface area contributed by atoms with Gasteiger partial charge in [-0.3, -0.25) is 0 Å². The molecule has 0 spiro atoms. The molecule has 30 heavy (non-hydrogen) atoms. The first-order valence-corrected chi connectivity index (χ1v) is 10.2. The summed E-state index contributed by atoms with van der Waals surface area (Å²) in [5.74, 6) is -2.41. The lowest BCUT2D eigenvalue weighted by molar-refractivity contribution is -0.157. The molecule has 6 nitrogen and oxygen atoms in total. The third kappa shape index (κ3) is 5.77. The Bertz CT molecular complexity index is 1060. The monoisotopic (exact) mass is 448 g/mol. The molecule has 1 heterocycles. The first-order valence-electron chi connectivity index (χ1n) is 8.62. The van der Waals surface area contributed by atoms with Crippen LogP contribution < -0.4 is 5.14 Å². The normalized spacial score (nSPS) is 14.8. The average molecular weight is 448 g/mol. The van der Waals surface area contributed by atoms with Crippen LogP contribution in [-0.2, 0) is 20.9 Å². The molecule has 1 atom stereocenters. The predicted molar refractivity (Wildman–Crippen MR) is 102 cm³/mol. The fourth-order valence-corrected chi connectivity index (χ4v) is 3.05. The third-order valence-corrected chi connectivity index (χ3v) is 5.04. The molecular weight excluding hydrogens is 428 g/mol. The zero-order valence-corrected chi connectivity index (χ0v) is 17.1. The largest absolute Gasteiger partial charge is 0.468 e. The van der Waals surface area contributed by atoms with Crippen LogP contribution in [-0.4, -0.2) is 26.6 Å². The number of primary sulfonamides is 1. The van der Waals surface area contributed by atoms with Gasteiger partial charge in [-0.25, -0.2) is 22.9 Å². The molecule has 2 N–H and O–H groups in total. The molecule has 0 saturated carbocycles. The second-order valence-corrected chi connectivity index (χ2v) is 7.87. The van der Waals surface area contributed by atoms with E-state index < -0.39 is 34.0 Å². The first kappa shape index (κ1) is 23.8. The van der Waals surface area contributed by atoms with Crippen molar-refractivity contribution in [1.29, 1.82) is 0 Å². The summed E-state index contributed by atoms with van der Waals surface area (Å²) in [7, 11) is -2.60. The van der Waals surface area contributed by atoms with Crippen LogP contribution in [0.3, 0.4) is 0 Å². The Balaban J connectivity index is 2.56. The Hall–Kier alpha value is -2.50. The Labute approximate surface area is 171 Å². The number of rotatable bonds is 7. The quantitative estimate of drug-likeness (QED) is 0.620. The minimum atomic E-state index is -4.87. The molecule has 0 fully saturated rings. The van der Waals surface area contributed by atoms with Gasteiger partial charge in [0.25, 0.3) is 0 Å². The Morgan fingerprint density at radius 2 is 1.90 bits per heavy atom. The zero-order valence-electron chi connectivity index (χ0n) is 16.3. The van der Waals surface area contributed by atoms with E-state index in [1.165, 1.54) is 38.3 Å². The fourth-order valence-electron chi connectivity index (χ4n) is 2.53. The fraction of sp³-hybridized carbons (Fsp3) is 0.316. The van der Waals surface area contributed by atoms with Gasteiger partial charge in [-0.1, -0.05) is 18.2 Å². The highest BCUT2D eigenvalue weighted by Gasteiger charge is 2.39. The highest BCUT2D eigenvalue weighted by Crippen LogP contribution is 2.38. The van der Waals surface area contributed by atoms with Gasteiger partial charge in [-0.05, 0) is 37.6 Å². The zero-order chi connectivity index (χ0) is 22.7. The molecule has 0 bridgehead atoms. The maximum Gasteiger partial charge on any atom is 0.468 e. The Morgan fingerprint density at radius 1 is 1.30 bits per heavy atom. The molecule has 0 saturated heterocycles. The molecule has 164 valence electrons. The molecule has 1 aromatic carbocycles. The van der Waals surface area contributed by atoms with Gasteiger partial charge in [0.2, 0.25) is 10.0 Å². The smallest absolute Gasteiger partial charge is 0.433 e. The number of sulfonamides is 1. The number of nitrogens with two attached hydrogens (primary N) is 1. The molecule has 0 aliphatic rings.